The van der Waals surface area contributed by atoms with E-state index in [2.05, 4.69) is 15.2 Å². The Balaban J connectivity index is 1.93. The van der Waals surface area contributed by atoms with Crippen LogP contribution in [0.2, 0.25) is 5.02 Å². The summed E-state index contributed by atoms with van der Waals surface area (Å²) in [5, 5.41) is 13.2. The van der Waals surface area contributed by atoms with Crippen LogP contribution in [0.3, 0.4) is 0 Å². The monoisotopic (exact) mass is 355 g/mol. The van der Waals surface area contributed by atoms with Crippen LogP contribution in [0, 0.1) is 13.8 Å². The summed E-state index contributed by atoms with van der Waals surface area (Å²) >= 11 is 6.10. The Morgan fingerprint density at radius 3 is 2.54 bits per heavy atom. The number of nitrogens with zero attached hydrogens (tertiary/aromatic N) is 1. The molecule has 1 fully saturated rings. The molecule has 1 aromatic heterocycles. The Morgan fingerprint density at radius 2 is 1.92 bits per heavy atom. The predicted octanol–water partition coefficient (Wildman–Crippen LogP) is 1.61. The number of aliphatic hydroxyl groups excluding tert-OH is 1. The van der Waals surface area contributed by atoms with E-state index in [1.165, 1.54) is 12.8 Å². The third kappa shape index (κ3) is 4.82. The number of hydrogen-bond donors (Lipinski definition) is 3. The minimum absolute atomic E-state index is 0.00701. The van der Waals surface area contributed by atoms with Gasteiger partial charge in [-0.3, -0.25) is 9.59 Å². The van der Waals surface area contributed by atoms with Crippen LogP contribution in [0.5, 0.6) is 0 Å². The number of pyridine rings is 1. The van der Waals surface area contributed by atoms with Gasteiger partial charge < -0.3 is 20.3 Å². The van der Waals surface area contributed by atoms with E-state index < -0.39 is 17.6 Å². The van der Waals surface area contributed by atoms with Crippen molar-refractivity contribution in [3.05, 3.63) is 32.2 Å². The third-order valence-electron chi connectivity index (χ3n) is 4.45. The average Bonchev–Trinajstić information content (AvgIpc) is 2.79. The van der Waals surface area contributed by atoms with E-state index in [0.717, 1.165) is 25.9 Å². The van der Waals surface area contributed by atoms with E-state index >= 15 is 0 Å². The van der Waals surface area contributed by atoms with Crippen molar-refractivity contribution < 1.29 is 9.90 Å². The molecule has 1 amide bonds. The summed E-state index contributed by atoms with van der Waals surface area (Å²) in [5.41, 5.74) is 0.538. The van der Waals surface area contributed by atoms with E-state index in [1.54, 1.807) is 13.8 Å². The van der Waals surface area contributed by atoms with E-state index in [4.69, 9.17) is 11.6 Å². The van der Waals surface area contributed by atoms with Gasteiger partial charge in [0.2, 0.25) is 0 Å². The van der Waals surface area contributed by atoms with E-state index in [0.29, 0.717) is 22.8 Å². The predicted molar refractivity (Wildman–Crippen MR) is 94.8 cm³/mol. The highest BCUT2D eigenvalue weighted by atomic mass is 35.5. The Bertz CT molecular complexity index is 637. The summed E-state index contributed by atoms with van der Waals surface area (Å²) in [6.45, 7) is 5.94. The highest BCUT2D eigenvalue weighted by Crippen LogP contribution is 2.18. The lowest BCUT2D eigenvalue weighted by Gasteiger charge is -2.23. The molecule has 0 aromatic carbocycles. The molecule has 6 nitrogen and oxygen atoms in total. The minimum Gasteiger partial charge on any atom is -0.390 e. The van der Waals surface area contributed by atoms with Gasteiger partial charge in [0.1, 0.15) is 5.56 Å². The van der Waals surface area contributed by atoms with E-state index in [-0.39, 0.29) is 12.1 Å². The van der Waals surface area contributed by atoms with Gasteiger partial charge >= 0.3 is 0 Å². The summed E-state index contributed by atoms with van der Waals surface area (Å²) in [7, 11) is 0. The molecular formula is C17H26ClN3O3. The molecule has 2 rings (SSSR count). The molecule has 1 atom stereocenters. The van der Waals surface area contributed by atoms with Gasteiger partial charge in [-0.05, 0) is 45.3 Å². The molecule has 0 spiro atoms. The Hall–Kier alpha value is -1.37. The summed E-state index contributed by atoms with van der Waals surface area (Å²) in [6, 6.07) is 0. The number of halogens is 1. The van der Waals surface area contributed by atoms with Crippen LogP contribution < -0.4 is 10.9 Å². The number of aromatic amines is 1. The summed E-state index contributed by atoms with van der Waals surface area (Å²) in [6.07, 6.45) is 4.11. The second kappa shape index (κ2) is 8.65. The van der Waals surface area contributed by atoms with Gasteiger partial charge in [0.25, 0.3) is 11.5 Å². The minimum atomic E-state index is -0.660. The number of rotatable bonds is 5. The number of aryl methyl sites for hydroxylation is 1. The van der Waals surface area contributed by atoms with Crippen molar-refractivity contribution in [1.29, 1.82) is 0 Å². The number of likely N-dealkylation sites (tertiary alicyclic amines) is 1. The van der Waals surface area contributed by atoms with Crippen molar-refractivity contribution in [3.8, 4) is 0 Å². The maximum atomic E-state index is 12.3. The van der Waals surface area contributed by atoms with Gasteiger partial charge in [0.15, 0.2) is 0 Å². The maximum absolute atomic E-state index is 12.3. The van der Waals surface area contributed by atoms with Crippen LogP contribution in [0.25, 0.3) is 0 Å². The molecule has 24 heavy (non-hydrogen) atoms. The zero-order valence-corrected chi connectivity index (χ0v) is 15.1. The second-order valence-corrected chi connectivity index (χ2v) is 6.85. The molecule has 1 aromatic rings. The van der Waals surface area contributed by atoms with E-state index in [9.17, 15) is 14.7 Å². The first kappa shape index (κ1) is 19.0. The second-order valence-electron chi connectivity index (χ2n) is 6.47. The number of carbonyl (C=O) groups excluding carboxylic acids is 1. The van der Waals surface area contributed by atoms with Crippen LogP contribution in [0.1, 0.15) is 47.3 Å². The van der Waals surface area contributed by atoms with Crippen molar-refractivity contribution in [2.45, 2.75) is 45.6 Å². The summed E-state index contributed by atoms with van der Waals surface area (Å²) in [5.74, 6) is -0.509. The quantitative estimate of drug-likeness (QED) is 0.749. The van der Waals surface area contributed by atoms with Gasteiger partial charge in [-0.15, -0.1) is 0 Å². The lowest BCUT2D eigenvalue weighted by Crippen LogP contribution is -2.41. The molecular weight excluding hydrogens is 330 g/mol. The number of aliphatic hydroxyl groups is 1. The number of aromatic nitrogens is 1. The standard InChI is InChI=1S/C17H26ClN3O3/c1-11-14(17(24)20-12(2)15(11)18)16(23)19-9-13(22)10-21-7-5-3-4-6-8-21/h13,22H,3-10H2,1-2H3,(H,19,23)(H,20,24)/t13-/m1/s1. The first-order chi connectivity index (χ1) is 11.4. The molecule has 0 saturated carbocycles. The van der Waals surface area contributed by atoms with Crippen molar-refractivity contribution in [2.24, 2.45) is 0 Å². The van der Waals surface area contributed by atoms with Gasteiger partial charge in [0.05, 0.1) is 11.1 Å². The molecule has 1 aliphatic rings. The fraction of sp³-hybridized carbons (Fsp3) is 0.647. The largest absolute Gasteiger partial charge is 0.390 e. The SMILES string of the molecule is Cc1[nH]c(=O)c(C(=O)NC[C@@H](O)CN2CCCCCC2)c(C)c1Cl. The Morgan fingerprint density at radius 1 is 1.29 bits per heavy atom. The molecule has 0 bridgehead atoms. The molecule has 0 unspecified atom stereocenters. The third-order valence-corrected chi connectivity index (χ3v) is 5.02. The highest BCUT2D eigenvalue weighted by molar-refractivity contribution is 6.32. The first-order valence-corrected chi connectivity index (χ1v) is 8.85. The maximum Gasteiger partial charge on any atom is 0.261 e. The average molecular weight is 356 g/mol. The number of amides is 1. The van der Waals surface area contributed by atoms with Crippen LogP contribution >= 0.6 is 11.6 Å². The van der Waals surface area contributed by atoms with E-state index in [1.807, 2.05) is 0 Å². The number of hydrogen-bond acceptors (Lipinski definition) is 4. The molecule has 7 heteroatoms. The zero-order valence-electron chi connectivity index (χ0n) is 14.3. The first-order valence-electron chi connectivity index (χ1n) is 8.47. The molecule has 0 aliphatic carbocycles. The molecule has 0 radical (unpaired) electrons. The van der Waals surface area contributed by atoms with Crippen LogP contribution in [-0.4, -0.2) is 53.2 Å². The van der Waals surface area contributed by atoms with Gasteiger partial charge in [-0.2, -0.15) is 0 Å². The van der Waals surface area contributed by atoms with Gasteiger partial charge in [-0.1, -0.05) is 24.4 Å². The number of β-amino-alcohol motifs (C(OH)–C–C–N with tert-alkyl or cyclic N) is 1. The summed E-state index contributed by atoms with van der Waals surface area (Å²) < 4.78 is 0. The lowest BCUT2D eigenvalue weighted by atomic mass is 10.1. The molecule has 2 heterocycles. The zero-order chi connectivity index (χ0) is 17.7. The van der Waals surface area contributed by atoms with Crippen molar-refractivity contribution in [1.82, 2.24) is 15.2 Å². The molecule has 134 valence electrons. The van der Waals surface area contributed by atoms with Crippen LogP contribution in [0.4, 0.5) is 0 Å². The molecule has 1 aliphatic heterocycles. The van der Waals surface area contributed by atoms with Gasteiger partial charge in [-0.25, -0.2) is 0 Å². The summed E-state index contributed by atoms with van der Waals surface area (Å²) in [4.78, 5) is 29.1. The van der Waals surface area contributed by atoms with Crippen molar-refractivity contribution in [3.63, 3.8) is 0 Å². The smallest absolute Gasteiger partial charge is 0.261 e. The molecule has 1 saturated heterocycles. The van der Waals surface area contributed by atoms with Crippen LogP contribution in [-0.2, 0) is 0 Å². The van der Waals surface area contributed by atoms with Crippen LogP contribution in [0.15, 0.2) is 4.79 Å². The topological polar surface area (TPSA) is 85.4 Å². The van der Waals surface area contributed by atoms with Crippen molar-refractivity contribution >= 4 is 17.5 Å². The Kier molecular flexibility index (Phi) is 6.83. The number of nitrogens with one attached hydrogen (secondary N) is 2. The fourth-order valence-electron chi connectivity index (χ4n) is 3.10. The lowest BCUT2D eigenvalue weighted by molar-refractivity contribution is 0.0860. The Labute approximate surface area is 147 Å². The fourth-order valence-corrected chi connectivity index (χ4v) is 3.24. The normalized spacial score (nSPS) is 17.3. The van der Waals surface area contributed by atoms with Gasteiger partial charge in [0, 0.05) is 18.8 Å². The number of carbonyl (C=O) groups is 1. The van der Waals surface area contributed by atoms with Crippen molar-refractivity contribution in [2.75, 3.05) is 26.2 Å². The molecule has 3 N–H and O–H groups in total. The highest BCUT2D eigenvalue weighted by Gasteiger charge is 2.19. The number of H-pyrrole nitrogens is 1.